The van der Waals surface area contributed by atoms with Crippen molar-refractivity contribution >= 4 is 11.6 Å². The monoisotopic (exact) mass is 367 g/mol. The summed E-state index contributed by atoms with van der Waals surface area (Å²) in [4.78, 5) is 12.6. The highest BCUT2D eigenvalue weighted by atomic mass is 16.5. The summed E-state index contributed by atoms with van der Waals surface area (Å²) in [5.74, 6) is 1.58. The first kappa shape index (κ1) is 18.3. The highest BCUT2D eigenvalue weighted by Crippen LogP contribution is 2.29. The summed E-state index contributed by atoms with van der Waals surface area (Å²) in [6.45, 7) is 1.89. The van der Waals surface area contributed by atoms with Crippen LogP contribution in [0.4, 0.5) is 5.69 Å². The molecule has 0 atom stereocenters. The number of aryl methyl sites for hydroxylation is 1. The summed E-state index contributed by atoms with van der Waals surface area (Å²) >= 11 is 0. The highest BCUT2D eigenvalue weighted by Gasteiger charge is 2.16. The quantitative estimate of drug-likeness (QED) is 0.722. The molecule has 0 spiro atoms. The lowest BCUT2D eigenvalue weighted by molar-refractivity contribution is 0.102. The largest absolute Gasteiger partial charge is 0.497 e. The van der Waals surface area contributed by atoms with Crippen LogP contribution < -0.4 is 19.5 Å². The van der Waals surface area contributed by atoms with Crippen molar-refractivity contribution in [3.05, 3.63) is 59.9 Å². The van der Waals surface area contributed by atoms with Gasteiger partial charge in [0, 0.05) is 11.8 Å². The second-order valence-corrected chi connectivity index (χ2v) is 5.80. The van der Waals surface area contributed by atoms with Crippen molar-refractivity contribution in [1.29, 1.82) is 0 Å². The first-order chi connectivity index (χ1) is 13.0. The zero-order valence-corrected chi connectivity index (χ0v) is 15.6. The third kappa shape index (κ3) is 3.87. The van der Waals surface area contributed by atoms with E-state index in [4.69, 9.17) is 14.2 Å². The lowest BCUT2D eigenvalue weighted by atomic mass is 10.2. The van der Waals surface area contributed by atoms with E-state index in [0.29, 0.717) is 22.9 Å². The van der Waals surface area contributed by atoms with Gasteiger partial charge in [-0.1, -0.05) is 0 Å². The molecule has 1 amide bonds. The number of nitrogens with one attached hydrogen (secondary N) is 1. The van der Waals surface area contributed by atoms with Crippen molar-refractivity contribution in [1.82, 2.24) is 9.78 Å². The number of anilines is 1. The molecular formula is C20H21N3O4. The van der Waals surface area contributed by atoms with Crippen LogP contribution in [0.3, 0.4) is 0 Å². The maximum atomic E-state index is 12.6. The van der Waals surface area contributed by atoms with Crippen LogP contribution in [-0.4, -0.2) is 37.0 Å². The maximum absolute atomic E-state index is 12.6. The van der Waals surface area contributed by atoms with Gasteiger partial charge in [-0.25, -0.2) is 4.68 Å². The van der Waals surface area contributed by atoms with Crippen molar-refractivity contribution in [2.24, 2.45) is 0 Å². The molecule has 1 aromatic heterocycles. The van der Waals surface area contributed by atoms with Crippen LogP contribution in [0.2, 0.25) is 0 Å². The predicted octanol–water partition coefficient (Wildman–Crippen LogP) is 3.46. The van der Waals surface area contributed by atoms with E-state index in [-0.39, 0.29) is 5.91 Å². The second kappa shape index (κ2) is 7.82. The molecule has 1 heterocycles. The molecule has 0 radical (unpaired) electrons. The van der Waals surface area contributed by atoms with E-state index < -0.39 is 0 Å². The first-order valence-corrected chi connectivity index (χ1v) is 8.30. The van der Waals surface area contributed by atoms with Crippen molar-refractivity contribution in [2.75, 3.05) is 26.6 Å². The number of benzene rings is 2. The summed E-state index contributed by atoms with van der Waals surface area (Å²) in [6, 6.07) is 14.4. The third-order valence-corrected chi connectivity index (χ3v) is 4.09. The number of ether oxygens (including phenoxy) is 3. The van der Waals surface area contributed by atoms with E-state index in [1.54, 1.807) is 43.2 Å². The lowest BCUT2D eigenvalue weighted by Crippen LogP contribution is -2.14. The van der Waals surface area contributed by atoms with Gasteiger partial charge in [-0.3, -0.25) is 4.79 Å². The van der Waals surface area contributed by atoms with E-state index >= 15 is 0 Å². The zero-order valence-electron chi connectivity index (χ0n) is 15.6. The van der Waals surface area contributed by atoms with E-state index in [9.17, 15) is 4.79 Å². The van der Waals surface area contributed by atoms with Gasteiger partial charge in [0.05, 0.1) is 32.7 Å². The van der Waals surface area contributed by atoms with Crippen LogP contribution in [0.5, 0.6) is 17.2 Å². The smallest absolute Gasteiger partial charge is 0.276 e. The Bertz CT molecular complexity index is 948. The molecule has 7 nitrogen and oxygen atoms in total. The Morgan fingerprint density at radius 2 is 1.59 bits per heavy atom. The Morgan fingerprint density at radius 1 is 0.926 bits per heavy atom. The van der Waals surface area contributed by atoms with Gasteiger partial charge in [-0.2, -0.15) is 5.10 Å². The molecule has 0 aliphatic carbocycles. The summed E-state index contributed by atoms with van der Waals surface area (Å²) in [6.07, 6.45) is 0. The van der Waals surface area contributed by atoms with Gasteiger partial charge >= 0.3 is 0 Å². The van der Waals surface area contributed by atoms with E-state index in [1.165, 1.54) is 7.11 Å². The van der Waals surface area contributed by atoms with Gasteiger partial charge in [-0.15, -0.1) is 0 Å². The number of aromatic nitrogens is 2. The zero-order chi connectivity index (χ0) is 19.4. The molecule has 7 heteroatoms. The third-order valence-electron chi connectivity index (χ3n) is 4.09. The summed E-state index contributed by atoms with van der Waals surface area (Å²) in [7, 11) is 4.72. The molecule has 0 aliphatic heterocycles. The van der Waals surface area contributed by atoms with Gasteiger partial charge in [0.25, 0.3) is 5.91 Å². The number of nitrogens with zero attached hydrogens (tertiary/aromatic N) is 2. The number of hydrogen-bond acceptors (Lipinski definition) is 5. The molecule has 0 saturated heterocycles. The topological polar surface area (TPSA) is 74.6 Å². The summed E-state index contributed by atoms with van der Waals surface area (Å²) in [5.41, 5.74) is 2.53. The predicted molar refractivity (Wildman–Crippen MR) is 102 cm³/mol. The Labute approximate surface area is 157 Å². The molecule has 0 unspecified atom stereocenters. The van der Waals surface area contributed by atoms with E-state index in [0.717, 1.165) is 17.1 Å². The fourth-order valence-electron chi connectivity index (χ4n) is 2.66. The van der Waals surface area contributed by atoms with Crippen LogP contribution in [0.25, 0.3) is 5.69 Å². The normalized spacial score (nSPS) is 10.4. The molecule has 2 aromatic carbocycles. The van der Waals surface area contributed by atoms with Crippen molar-refractivity contribution in [2.45, 2.75) is 6.92 Å². The van der Waals surface area contributed by atoms with Crippen molar-refractivity contribution < 1.29 is 19.0 Å². The number of amides is 1. The molecule has 0 aliphatic rings. The average molecular weight is 367 g/mol. The molecule has 140 valence electrons. The molecule has 0 bridgehead atoms. The number of carbonyl (C=O) groups is 1. The molecule has 0 saturated carbocycles. The second-order valence-electron chi connectivity index (χ2n) is 5.80. The van der Waals surface area contributed by atoms with E-state index in [1.807, 2.05) is 31.2 Å². The Balaban J connectivity index is 1.84. The van der Waals surface area contributed by atoms with Crippen LogP contribution in [0.15, 0.2) is 48.5 Å². The minimum Gasteiger partial charge on any atom is -0.497 e. The molecule has 1 N–H and O–H groups in total. The van der Waals surface area contributed by atoms with Crippen LogP contribution in [0.1, 0.15) is 16.2 Å². The van der Waals surface area contributed by atoms with Gasteiger partial charge in [0.1, 0.15) is 17.2 Å². The fourth-order valence-corrected chi connectivity index (χ4v) is 2.66. The maximum Gasteiger partial charge on any atom is 0.276 e. The fraction of sp³-hybridized carbons (Fsp3) is 0.200. The SMILES string of the molecule is COc1ccc(-n2nc(C(=O)Nc3ccc(OC)cc3OC)cc2C)cc1. The van der Waals surface area contributed by atoms with Crippen molar-refractivity contribution in [3.8, 4) is 22.9 Å². The number of carbonyl (C=O) groups excluding carboxylic acids is 1. The number of methoxy groups -OCH3 is 3. The minimum absolute atomic E-state index is 0.307. The Hall–Kier alpha value is -3.48. The van der Waals surface area contributed by atoms with Crippen LogP contribution in [-0.2, 0) is 0 Å². The number of rotatable bonds is 6. The first-order valence-electron chi connectivity index (χ1n) is 8.30. The summed E-state index contributed by atoms with van der Waals surface area (Å²) in [5, 5.41) is 7.24. The van der Waals surface area contributed by atoms with E-state index in [2.05, 4.69) is 10.4 Å². The van der Waals surface area contributed by atoms with Gasteiger partial charge < -0.3 is 19.5 Å². The van der Waals surface area contributed by atoms with Gasteiger partial charge in [-0.05, 0) is 49.4 Å². The van der Waals surface area contributed by atoms with Crippen molar-refractivity contribution in [3.63, 3.8) is 0 Å². The number of hydrogen-bond donors (Lipinski definition) is 1. The Kier molecular flexibility index (Phi) is 5.30. The standard InChI is InChI=1S/C20H21N3O4/c1-13-11-18(22-23(13)14-5-7-15(25-2)8-6-14)20(24)21-17-10-9-16(26-3)12-19(17)27-4/h5-12H,1-4H3,(H,21,24). The van der Waals surface area contributed by atoms with Crippen LogP contribution >= 0.6 is 0 Å². The molecule has 27 heavy (non-hydrogen) atoms. The van der Waals surface area contributed by atoms with Gasteiger partial charge in [0.2, 0.25) is 0 Å². The molecule has 0 fully saturated rings. The van der Waals surface area contributed by atoms with Gasteiger partial charge in [0.15, 0.2) is 5.69 Å². The minimum atomic E-state index is -0.325. The molecule has 3 rings (SSSR count). The summed E-state index contributed by atoms with van der Waals surface area (Å²) < 4.78 is 17.4. The highest BCUT2D eigenvalue weighted by molar-refractivity contribution is 6.03. The molecular weight excluding hydrogens is 346 g/mol. The van der Waals surface area contributed by atoms with Crippen LogP contribution in [0, 0.1) is 6.92 Å². The Morgan fingerprint density at radius 3 is 2.22 bits per heavy atom. The molecule has 3 aromatic rings. The average Bonchev–Trinajstić information content (AvgIpc) is 3.10. The lowest BCUT2D eigenvalue weighted by Gasteiger charge is -2.10.